The summed E-state index contributed by atoms with van der Waals surface area (Å²) in [7, 11) is 0. The van der Waals surface area contributed by atoms with Crippen LogP contribution in [-0.4, -0.2) is 16.9 Å². The molecular formula is C28H31F3N4O3. The molecule has 202 valence electrons. The van der Waals surface area contributed by atoms with Gasteiger partial charge in [-0.15, -0.1) is 0 Å². The van der Waals surface area contributed by atoms with Crippen LogP contribution < -0.4 is 21.1 Å². The number of pyridine rings is 1. The molecule has 7 nitrogen and oxygen atoms in total. The summed E-state index contributed by atoms with van der Waals surface area (Å²) in [5, 5.41) is 5.45. The minimum Gasteiger partial charge on any atom is -0.457 e. The molecule has 0 saturated carbocycles. The number of carbonyl (C=O) groups is 2. The van der Waals surface area contributed by atoms with E-state index in [-0.39, 0.29) is 22.5 Å². The maximum absolute atomic E-state index is 13.8. The van der Waals surface area contributed by atoms with Crippen molar-refractivity contribution in [3.63, 3.8) is 0 Å². The van der Waals surface area contributed by atoms with E-state index in [1.54, 1.807) is 33.8 Å². The molecule has 0 aliphatic carbocycles. The number of nitrogens with zero attached hydrogens (tertiary/aromatic N) is 1. The van der Waals surface area contributed by atoms with Crippen molar-refractivity contribution in [3.05, 3.63) is 74.1 Å². The van der Waals surface area contributed by atoms with Gasteiger partial charge in [0.2, 0.25) is 0 Å². The van der Waals surface area contributed by atoms with E-state index in [4.69, 9.17) is 10.5 Å². The lowest BCUT2D eigenvalue weighted by Gasteiger charge is -2.24. The average molecular weight is 529 g/mol. The van der Waals surface area contributed by atoms with Crippen molar-refractivity contribution >= 4 is 23.3 Å². The topological polar surface area (TPSA) is 106 Å². The van der Waals surface area contributed by atoms with E-state index in [0.29, 0.717) is 39.4 Å². The first-order chi connectivity index (χ1) is 17.6. The van der Waals surface area contributed by atoms with Gasteiger partial charge < -0.3 is 21.1 Å². The van der Waals surface area contributed by atoms with Crippen LogP contribution in [-0.2, 0) is 6.18 Å². The Bertz CT molecular complexity index is 1430. The number of nitrogens with two attached hydrogens (primary N) is 1. The van der Waals surface area contributed by atoms with Gasteiger partial charge in [0, 0.05) is 23.6 Å². The Labute approximate surface area is 219 Å². The molecule has 0 bridgehead atoms. The first kappa shape index (κ1) is 28.5. The Morgan fingerprint density at radius 2 is 1.29 bits per heavy atom. The molecule has 4 N–H and O–H groups in total. The molecule has 0 spiro atoms. The van der Waals surface area contributed by atoms with Gasteiger partial charge in [-0.3, -0.25) is 9.78 Å². The van der Waals surface area contributed by atoms with Crippen LogP contribution in [0.1, 0.15) is 60.6 Å². The van der Waals surface area contributed by atoms with Gasteiger partial charge in [-0.1, -0.05) is 0 Å². The normalized spacial score (nSPS) is 11.3. The quantitative estimate of drug-likeness (QED) is 0.328. The molecule has 0 unspecified atom stereocenters. The predicted octanol–water partition coefficient (Wildman–Crippen LogP) is 7.10. The number of rotatable bonds is 5. The van der Waals surface area contributed by atoms with Gasteiger partial charge in [0.15, 0.2) is 0 Å². The Morgan fingerprint density at radius 1 is 0.789 bits per heavy atom. The van der Waals surface area contributed by atoms with Crippen LogP contribution in [0, 0.1) is 55.4 Å². The highest BCUT2D eigenvalue weighted by molar-refractivity contribution is 6.02. The van der Waals surface area contributed by atoms with E-state index in [0.717, 1.165) is 11.1 Å². The van der Waals surface area contributed by atoms with E-state index >= 15 is 0 Å². The number of hydrogen-bond donors (Lipinski definition) is 3. The number of amides is 3. The fourth-order valence-electron chi connectivity index (χ4n) is 4.56. The molecule has 0 radical (unpaired) electrons. The number of carbonyl (C=O) groups excluding carboxylic acids is 2. The predicted molar refractivity (Wildman–Crippen MR) is 141 cm³/mol. The second-order valence-electron chi connectivity index (χ2n) is 9.37. The Hall–Kier alpha value is -4.08. The summed E-state index contributed by atoms with van der Waals surface area (Å²) < 4.78 is 47.4. The van der Waals surface area contributed by atoms with E-state index in [9.17, 15) is 22.8 Å². The number of alkyl halides is 3. The third-order valence-corrected chi connectivity index (χ3v) is 7.15. The molecule has 0 fully saturated rings. The number of hydrogen-bond acceptors (Lipinski definition) is 4. The molecule has 0 atom stereocenters. The van der Waals surface area contributed by atoms with Gasteiger partial charge in [-0.25, -0.2) is 4.79 Å². The van der Waals surface area contributed by atoms with Gasteiger partial charge in [0.05, 0.1) is 5.56 Å². The lowest BCUT2D eigenvalue weighted by atomic mass is 9.91. The van der Waals surface area contributed by atoms with Crippen molar-refractivity contribution in [2.24, 2.45) is 5.73 Å². The monoisotopic (exact) mass is 528 g/mol. The lowest BCUT2D eigenvalue weighted by molar-refractivity contribution is -0.138. The van der Waals surface area contributed by atoms with Crippen LogP contribution in [0.3, 0.4) is 0 Å². The third kappa shape index (κ3) is 5.29. The Balaban J connectivity index is 1.97. The van der Waals surface area contributed by atoms with E-state index in [1.807, 2.05) is 13.8 Å². The summed E-state index contributed by atoms with van der Waals surface area (Å²) in [5.74, 6) is 0.236. The van der Waals surface area contributed by atoms with Crippen molar-refractivity contribution < 1.29 is 27.5 Å². The maximum atomic E-state index is 13.8. The SMILES string of the molecule is Cc1c(C)c(NC(=O)Nc2c(C)c(C)c(Oc3ccnc(C(N)=O)c3)c(C)c2C)c(C)c(C(F)(F)F)c1C. The molecule has 0 aliphatic heterocycles. The molecule has 0 aliphatic rings. The molecule has 2 aromatic carbocycles. The molecule has 3 amide bonds. The molecule has 38 heavy (non-hydrogen) atoms. The number of ether oxygens (including phenoxy) is 1. The number of urea groups is 1. The van der Waals surface area contributed by atoms with Crippen molar-refractivity contribution in [3.8, 4) is 11.5 Å². The smallest absolute Gasteiger partial charge is 0.417 e. The second-order valence-corrected chi connectivity index (χ2v) is 9.37. The number of nitrogens with one attached hydrogen (secondary N) is 2. The summed E-state index contributed by atoms with van der Waals surface area (Å²) in [6.45, 7) is 13.3. The number of halogens is 3. The van der Waals surface area contributed by atoms with Crippen LogP contribution in [0.5, 0.6) is 11.5 Å². The number of aromatic nitrogens is 1. The van der Waals surface area contributed by atoms with Gasteiger partial charge in [0.1, 0.15) is 17.2 Å². The van der Waals surface area contributed by atoms with Crippen LogP contribution in [0.15, 0.2) is 18.3 Å². The molecule has 1 aromatic heterocycles. The highest BCUT2D eigenvalue weighted by atomic mass is 19.4. The van der Waals surface area contributed by atoms with E-state index < -0.39 is 23.7 Å². The lowest BCUT2D eigenvalue weighted by Crippen LogP contribution is -2.24. The van der Waals surface area contributed by atoms with E-state index in [2.05, 4.69) is 15.6 Å². The van der Waals surface area contributed by atoms with Gasteiger partial charge in [-0.2, -0.15) is 13.2 Å². The minimum atomic E-state index is -4.55. The highest BCUT2D eigenvalue weighted by Crippen LogP contribution is 2.41. The zero-order chi connectivity index (χ0) is 28.7. The van der Waals surface area contributed by atoms with Crippen LogP contribution in [0.2, 0.25) is 0 Å². The average Bonchev–Trinajstić information content (AvgIpc) is 2.84. The van der Waals surface area contributed by atoms with Crippen LogP contribution >= 0.6 is 0 Å². The molecule has 0 saturated heterocycles. The van der Waals surface area contributed by atoms with Gasteiger partial charge in [0.25, 0.3) is 5.91 Å². The highest BCUT2D eigenvalue weighted by Gasteiger charge is 2.36. The number of primary amides is 1. The molecule has 3 aromatic rings. The summed E-state index contributed by atoms with van der Waals surface area (Å²) in [4.78, 5) is 28.4. The van der Waals surface area contributed by atoms with Crippen molar-refractivity contribution in [2.45, 2.75) is 61.6 Å². The Morgan fingerprint density at radius 3 is 1.79 bits per heavy atom. The second kappa shape index (κ2) is 10.4. The first-order valence-electron chi connectivity index (χ1n) is 11.9. The summed E-state index contributed by atoms with van der Waals surface area (Å²) in [5.41, 5.74) is 9.32. The maximum Gasteiger partial charge on any atom is 0.417 e. The molecule has 3 rings (SSSR count). The van der Waals surface area contributed by atoms with Gasteiger partial charge >= 0.3 is 12.2 Å². The largest absolute Gasteiger partial charge is 0.457 e. The standard InChI is InChI=1S/C28H31F3N4O3/c1-12-13(2)22(28(29,30)31)19(8)24(14(12)3)35-27(37)34-23-15(4)17(6)25(18(7)16(23)5)38-20-9-10-33-21(11-20)26(32)36/h9-11H,1-8H3,(H2,32,36)(H2,34,35,37). The molecule has 1 heterocycles. The number of benzene rings is 2. The molecular weight excluding hydrogens is 497 g/mol. The van der Waals surface area contributed by atoms with Crippen molar-refractivity contribution in [1.82, 2.24) is 4.98 Å². The van der Waals surface area contributed by atoms with Crippen LogP contribution in [0.25, 0.3) is 0 Å². The zero-order valence-corrected chi connectivity index (χ0v) is 22.6. The zero-order valence-electron chi connectivity index (χ0n) is 22.6. The van der Waals surface area contributed by atoms with Gasteiger partial charge in [-0.05, 0) is 106 Å². The molecule has 10 heteroatoms. The Kier molecular flexibility index (Phi) is 7.76. The summed E-state index contributed by atoms with van der Waals surface area (Å²) in [6.07, 6.45) is -3.13. The van der Waals surface area contributed by atoms with Crippen molar-refractivity contribution in [1.29, 1.82) is 0 Å². The van der Waals surface area contributed by atoms with Crippen LogP contribution in [0.4, 0.5) is 29.3 Å². The summed E-state index contributed by atoms with van der Waals surface area (Å²) in [6, 6.07) is 2.37. The third-order valence-electron chi connectivity index (χ3n) is 7.15. The number of anilines is 2. The minimum absolute atomic E-state index is 0.0366. The first-order valence-corrected chi connectivity index (χ1v) is 11.9. The fourth-order valence-corrected chi connectivity index (χ4v) is 4.56. The van der Waals surface area contributed by atoms with Crippen molar-refractivity contribution in [2.75, 3.05) is 10.6 Å². The summed E-state index contributed by atoms with van der Waals surface area (Å²) >= 11 is 0. The van der Waals surface area contributed by atoms with E-state index in [1.165, 1.54) is 26.1 Å². The fraction of sp³-hybridized carbons (Fsp3) is 0.321.